The van der Waals surface area contributed by atoms with Gasteiger partial charge in [0.2, 0.25) is 0 Å². The number of amides is 1. The van der Waals surface area contributed by atoms with Crippen molar-refractivity contribution in [2.24, 2.45) is 0 Å². The third kappa shape index (κ3) is 7.48. The van der Waals surface area contributed by atoms with Gasteiger partial charge in [-0.05, 0) is 56.5 Å². The summed E-state index contributed by atoms with van der Waals surface area (Å²) in [6.45, 7) is 4.51. The number of nitrogen functional groups attached to an aromatic ring is 1. The zero-order valence-corrected chi connectivity index (χ0v) is 19.9. The Morgan fingerprint density at radius 3 is 2.21 bits per heavy atom. The van der Waals surface area contributed by atoms with E-state index in [1.165, 1.54) is 5.56 Å². The summed E-state index contributed by atoms with van der Waals surface area (Å²) in [5.74, 6) is -3.02. The van der Waals surface area contributed by atoms with Gasteiger partial charge in [0.25, 0.3) is 5.91 Å². The largest absolute Gasteiger partial charge is 0.495 e. The lowest BCUT2D eigenvalue weighted by molar-refractivity contribution is -0.159. The number of aliphatic carboxylic acids is 2. The van der Waals surface area contributed by atoms with Crippen molar-refractivity contribution >= 4 is 23.5 Å². The third-order valence-corrected chi connectivity index (χ3v) is 5.97. The summed E-state index contributed by atoms with van der Waals surface area (Å²) in [6.07, 6.45) is 3.06. The summed E-state index contributed by atoms with van der Waals surface area (Å²) in [5, 5.41) is 14.8. The van der Waals surface area contributed by atoms with Crippen molar-refractivity contribution < 1.29 is 29.3 Å². The summed E-state index contributed by atoms with van der Waals surface area (Å²) in [5.41, 5.74) is 9.50. The molecule has 1 saturated heterocycles. The van der Waals surface area contributed by atoms with Crippen molar-refractivity contribution in [3.05, 3.63) is 59.2 Å². The Labute approximate surface area is 199 Å². The molecule has 184 valence electrons. The quantitative estimate of drug-likeness (QED) is 0.432. The molecule has 1 fully saturated rings. The van der Waals surface area contributed by atoms with Crippen LogP contribution in [0.1, 0.15) is 34.3 Å². The molecule has 0 radical (unpaired) electrons. The summed E-state index contributed by atoms with van der Waals surface area (Å²) >= 11 is 0. The first-order valence-corrected chi connectivity index (χ1v) is 11.1. The molecule has 9 nitrogen and oxygen atoms in total. The van der Waals surface area contributed by atoms with E-state index in [0.29, 0.717) is 23.0 Å². The number of aryl methyl sites for hydroxylation is 1. The second kappa shape index (κ2) is 12.6. The smallest absolute Gasteiger partial charge is 0.414 e. The molecule has 2 aromatic rings. The maximum atomic E-state index is 12.9. The normalized spacial score (nSPS) is 13.7. The molecule has 0 spiro atoms. The van der Waals surface area contributed by atoms with Gasteiger partial charge in [0.1, 0.15) is 5.75 Å². The Hall–Kier alpha value is -3.59. The second-order valence-electron chi connectivity index (χ2n) is 8.26. The highest BCUT2D eigenvalue weighted by Gasteiger charge is 2.26. The second-order valence-corrected chi connectivity index (χ2v) is 8.26. The van der Waals surface area contributed by atoms with Crippen LogP contribution in [0.2, 0.25) is 0 Å². The SMILES string of the molecule is COc1cc(C(=O)N2CCC(N(C)CCc3ccccc3)CC2)cc(C)c1N.O=C(O)C(=O)O. The average molecular weight is 472 g/mol. The summed E-state index contributed by atoms with van der Waals surface area (Å²) in [6, 6.07) is 14.7. The predicted octanol–water partition coefficient (Wildman–Crippen LogP) is 2.52. The standard InChI is InChI=1S/C23H31N3O2.C2H2O4/c1-17-15-19(16-21(28-3)22(17)24)23(27)26-13-10-20(11-14-26)25(2)12-9-18-7-5-4-6-8-18;3-1(4)2(5)6/h4-8,15-16,20H,9-14,24H2,1-3H3;(H,3,4)(H,5,6). The van der Waals surface area contributed by atoms with Crippen LogP contribution < -0.4 is 10.5 Å². The number of carboxylic acid groups (broad SMARTS) is 2. The number of ether oxygens (including phenoxy) is 1. The number of carbonyl (C=O) groups is 3. The first kappa shape index (κ1) is 26.7. The number of hydrogen-bond donors (Lipinski definition) is 3. The molecule has 0 aliphatic carbocycles. The van der Waals surface area contributed by atoms with Gasteiger partial charge in [0, 0.05) is 31.2 Å². The van der Waals surface area contributed by atoms with E-state index in [0.717, 1.165) is 44.5 Å². The Morgan fingerprint density at radius 2 is 1.68 bits per heavy atom. The molecular weight excluding hydrogens is 438 g/mol. The molecule has 1 amide bonds. The number of carbonyl (C=O) groups excluding carboxylic acids is 1. The fourth-order valence-electron chi connectivity index (χ4n) is 3.88. The molecule has 4 N–H and O–H groups in total. The number of benzene rings is 2. The number of carboxylic acids is 2. The number of anilines is 1. The average Bonchev–Trinajstić information content (AvgIpc) is 2.84. The Kier molecular flexibility index (Phi) is 9.88. The lowest BCUT2D eigenvalue weighted by atomic mass is 10.0. The summed E-state index contributed by atoms with van der Waals surface area (Å²) in [7, 11) is 3.77. The molecule has 1 aliphatic heterocycles. The van der Waals surface area contributed by atoms with Crippen molar-refractivity contribution in [1.29, 1.82) is 0 Å². The van der Waals surface area contributed by atoms with Crippen LogP contribution in [0.15, 0.2) is 42.5 Å². The summed E-state index contributed by atoms with van der Waals surface area (Å²) in [4.78, 5) is 35.5. The minimum atomic E-state index is -1.82. The van der Waals surface area contributed by atoms with Crippen LogP contribution in [0.3, 0.4) is 0 Å². The van der Waals surface area contributed by atoms with E-state index < -0.39 is 11.9 Å². The fraction of sp³-hybridized carbons (Fsp3) is 0.400. The number of rotatable bonds is 6. The predicted molar refractivity (Wildman–Crippen MR) is 129 cm³/mol. The molecule has 34 heavy (non-hydrogen) atoms. The number of hydrogen-bond acceptors (Lipinski definition) is 6. The maximum absolute atomic E-state index is 12.9. The zero-order chi connectivity index (χ0) is 25.3. The van der Waals surface area contributed by atoms with Gasteiger partial charge in [0.15, 0.2) is 0 Å². The lowest BCUT2D eigenvalue weighted by Gasteiger charge is -2.37. The highest BCUT2D eigenvalue weighted by Crippen LogP contribution is 2.28. The van der Waals surface area contributed by atoms with Gasteiger partial charge in [-0.2, -0.15) is 0 Å². The van der Waals surface area contributed by atoms with E-state index >= 15 is 0 Å². The number of nitrogens with two attached hydrogens (primary N) is 1. The van der Waals surface area contributed by atoms with Gasteiger partial charge < -0.3 is 30.5 Å². The first-order chi connectivity index (χ1) is 16.1. The molecule has 0 bridgehead atoms. The van der Waals surface area contributed by atoms with E-state index in [1.807, 2.05) is 17.9 Å². The van der Waals surface area contributed by atoms with Crippen LogP contribution in [-0.2, 0) is 16.0 Å². The lowest BCUT2D eigenvalue weighted by Crippen LogP contribution is -2.46. The van der Waals surface area contributed by atoms with E-state index in [4.69, 9.17) is 30.3 Å². The number of nitrogens with zero attached hydrogens (tertiary/aromatic N) is 2. The minimum absolute atomic E-state index is 0.0618. The molecule has 3 rings (SSSR count). The molecule has 1 heterocycles. The molecular formula is C25H33N3O6. The van der Waals surface area contributed by atoms with Gasteiger partial charge in [-0.3, -0.25) is 4.79 Å². The first-order valence-electron chi connectivity index (χ1n) is 11.1. The van der Waals surface area contributed by atoms with Gasteiger partial charge >= 0.3 is 11.9 Å². The van der Waals surface area contributed by atoms with Crippen LogP contribution in [0.4, 0.5) is 5.69 Å². The van der Waals surface area contributed by atoms with E-state index in [1.54, 1.807) is 13.2 Å². The molecule has 0 aromatic heterocycles. The molecule has 0 unspecified atom stereocenters. The van der Waals surface area contributed by atoms with Crippen molar-refractivity contribution in [2.45, 2.75) is 32.2 Å². The van der Waals surface area contributed by atoms with Gasteiger partial charge in [-0.15, -0.1) is 0 Å². The van der Waals surface area contributed by atoms with Crippen LogP contribution in [0, 0.1) is 6.92 Å². The van der Waals surface area contributed by atoms with Crippen LogP contribution in [0.5, 0.6) is 5.75 Å². The Bertz CT molecular complexity index is 976. The third-order valence-electron chi connectivity index (χ3n) is 5.97. The van der Waals surface area contributed by atoms with Crippen molar-refractivity contribution in [3.8, 4) is 5.75 Å². The maximum Gasteiger partial charge on any atom is 0.414 e. The number of piperidine rings is 1. The van der Waals surface area contributed by atoms with Crippen molar-refractivity contribution in [2.75, 3.05) is 39.5 Å². The highest BCUT2D eigenvalue weighted by atomic mass is 16.5. The monoisotopic (exact) mass is 471 g/mol. The van der Waals surface area contributed by atoms with E-state index in [2.05, 4.69) is 42.3 Å². The van der Waals surface area contributed by atoms with Gasteiger partial charge in [-0.1, -0.05) is 30.3 Å². The molecule has 1 aliphatic rings. The van der Waals surface area contributed by atoms with Crippen LogP contribution in [0.25, 0.3) is 0 Å². The van der Waals surface area contributed by atoms with E-state index in [-0.39, 0.29) is 5.91 Å². The summed E-state index contributed by atoms with van der Waals surface area (Å²) < 4.78 is 5.31. The Morgan fingerprint density at radius 1 is 1.09 bits per heavy atom. The van der Waals surface area contributed by atoms with E-state index in [9.17, 15) is 4.79 Å². The number of likely N-dealkylation sites (tertiary alicyclic amines) is 1. The van der Waals surface area contributed by atoms with Crippen molar-refractivity contribution in [1.82, 2.24) is 9.80 Å². The van der Waals surface area contributed by atoms with Gasteiger partial charge in [0.05, 0.1) is 12.8 Å². The van der Waals surface area contributed by atoms with Gasteiger partial charge in [-0.25, -0.2) is 9.59 Å². The van der Waals surface area contributed by atoms with Crippen molar-refractivity contribution in [3.63, 3.8) is 0 Å². The number of likely N-dealkylation sites (N-methyl/N-ethyl adjacent to an activating group) is 1. The molecule has 9 heteroatoms. The topological polar surface area (TPSA) is 133 Å². The number of methoxy groups -OCH3 is 1. The molecule has 2 aromatic carbocycles. The molecule has 0 atom stereocenters. The van der Waals surface area contributed by atoms with Crippen LogP contribution in [-0.4, -0.2) is 77.7 Å². The zero-order valence-electron chi connectivity index (χ0n) is 19.9. The Balaban J connectivity index is 0.000000604. The van der Waals surface area contributed by atoms with Crippen LogP contribution >= 0.6 is 0 Å². The minimum Gasteiger partial charge on any atom is -0.495 e. The molecule has 0 saturated carbocycles. The fourth-order valence-corrected chi connectivity index (χ4v) is 3.88. The highest BCUT2D eigenvalue weighted by molar-refractivity contribution is 6.27.